The van der Waals surface area contributed by atoms with Crippen LogP contribution in [0.5, 0.6) is 17.2 Å². The van der Waals surface area contributed by atoms with Crippen molar-refractivity contribution in [3.63, 3.8) is 0 Å². The molecule has 116 valence electrons. The summed E-state index contributed by atoms with van der Waals surface area (Å²) in [5.41, 5.74) is 0.360. The zero-order valence-corrected chi connectivity index (χ0v) is 11.7. The maximum atomic E-state index is 11.7. The van der Waals surface area contributed by atoms with Crippen molar-refractivity contribution in [3.05, 3.63) is 17.2 Å². The highest BCUT2D eigenvalue weighted by molar-refractivity contribution is 5.96. The summed E-state index contributed by atoms with van der Waals surface area (Å²) >= 11 is 0. The molecular formula is C15H20O6. The minimum Gasteiger partial charge on any atom is -0.504 e. The van der Waals surface area contributed by atoms with Crippen LogP contribution >= 0.6 is 0 Å². The number of cyclic esters (lactones) is 1. The van der Waals surface area contributed by atoms with Crippen LogP contribution in [0.15, 0.2) is 6.07 Å². The lowest BCUT2D eigenvalue weighted by atomic mass is 9.98. The molecule has 0 radical (unpaired) electrons. The molecule has 2 rings (SSSR count). The first-order valence-electron chi connectivity index (χ1n) is 7.16. The van der Waals surface area contributed by atoms with E-state index in [1.54, 1.807) is 0 Å². The molecule has 0 amide bonds. The molecule has 1 atom stereocenters. The minimum atomic E-state index is -0.625. The van der Waals surface area contributed by atoms with Gasteiger partial charge in [0.05, 0.1) is 11.1 Å². The van der Waals surface area contributed by atoms with E-state index in [1.165, 1.54) is 0 Å². The molecule has 0 spiro atoms. The Kier molecular flexibility index (Phi) is 4.90. The number of aliphatic hydroxyl groups is 1. The van der Waals surface area contributed by atoms with E-state index in [-0.39, 0.29) is 17.7 Å². The number of aliphatic hydroxyl groups excluding tert-OH is 1. The molecule has 0 bridgehead atoms. The van der Waals surface area contributed by atoms with Crippen molar-refractivity contribution in [3.8, 4) is 17.2 Å². The number of carbonyl (C=O) groups excluding carboxylic acids is 1. The zero-order valence-electron chi connectivity index (χ0n) is 11.7. The first-order chi connectivity index (χ1) is 10.1. The van der Waals surface area contributed by atoms with Crippen molar-refractivity contribution >= 4 is 5.97 Å². The summed E-state index contributed by atoms with van der Waals surface area (Å²) in [6.45, 7) is 0.199. The standard InChI is InChI=1S/C15H20O6/c16-7-5-3-1-2-4-6-11-12-9(15(20)21-11)8-10(17)13(18)14(12)19/h8,11,16-19H,1-7H2/t11-/m0/s1. The van der Waals surface area contributed by atoms with E-state index in [4.69, 9.17) is 9.84 Å². The van der Waals surface area contributed by atoms with E-state index in [1.807, 2.05) is 0 Å². The summed E-state index contributed by atoms with van der Waals surface area (Å²) in [4.78, 5) is 11.7. The lowest BCUT2D eigenvalue weighted by Crippen LogP contribution is -1.99. The number of hydrogen-bond acceptors (Lipinski definition) is 6. The number of aromatic hydroxyl groups is 3. The molecule has 0 saturated carbocycles. The number of esters is 1. The number of unbranched alkanes of at least 4 members (excludes halogenated alkanes) is 4. The molecule has 1 aliphatic rings. The number of fused-ring (bicyclic) bond motifs is 1. The number of benzene rings is 1. The summed E-state index contributed by atoms with van der Waals surface area (Å²) in [6.07, 6.45) is 4.44. The quantitative estimate of drug-likeness (QED) is 0.349. The Morgan fingerprint density at radius 2 is 1.67 bits per heavy atom. The molecule has 0 fully saturated rings. The minimum absolute atomic E-state index is 0.105. The fraction of sp³-hybridized carbons (Fsp3) is 0.533. The van der Waals surface area contributed by atoms with Gasteiger partial charge in [0.2, 0.25) is 5.75 Å². The van der Waals surface area contributed by atoms with Crippen molar-refractivity contribution in [1.29, 1.82) is 0 Å². The van der Waals surface area contributed by atoms with Gasteiger partial charge in [-0.2, -0.15) is 0 Å². The van der Waals surface area contributed by atoms with Crippen LogP contribution in [0, 0.1) is 0 Å². The highest BCUT2D eigenvalue weighted by atomic mass is 16.5. The smallest absolute Gasteiger partial charge is 0.339 e. The molecule has 0 aliphatic carbocycles. The van der Waals surface area contributed by atoms with E-state index in [0.29, 0.717) is 6.42 Å². The van der Waals surface area contributed by atoms with Crippen LogP contribution in [-0.2, 0) is 4.74 Å². The fourth-order valence-electron chi connectivity index (χ4n) is 2.58. The van der Waals surface area contributed by atoms with Crippen LogP contribution in [-0.4, -0.2) is 33.0 Å². The largest absolute Gasteiger partial charge is 0.504 e. The van der Waals surface area contributed by atoms with Gasteiger partial charge in [-0.05, 0) is 25.3 Å². The normalized spacial score (nSPS) is 16.8. The summed E-state index contributed by atoms with van der Waals surface area (Å²) in [6, 6.07) is 1.12. The van der Waals surface area contributed by atoms with Gasteiger partial charge in [-0.3, -0.25) is 0 Å². The molecule has 1 aromatic carbocycles. The Labute approximate surface area is 122 Å². The predicted molar refractivity (Wildman–Crippen MR) is 74.4 cm³/mol. The third kappa shape index (κ3) is 3.21. The molecule has 0 unspecified atom stereocenters. The number of carbonyl (C=O) groups is 1. The zero-order chi connectivity index (χ0) is 15.4. The van der Waals surface area contributed by atoms with E-state index in [0.717, 1.165) is 38.2 Å². The molecule has 6 heteroatoms. The van der Waals surface area contributed by atoms with Crippen molar-refractivity contribution in [2.24, 2.45) is 0 Å². The maximum absolute atomic E-state index is 11.7. The monoisotopic (exact) mass is 296 g/mol. The highest BCUT2D eigenvalue weighted by Crippen LogP contribution is 2.48. The van der Waals surface area contributed by atoms with Crippen LogP contribution < -0.4 is 0 Å². The predicted octanol–water partition coefficient (Wildman–Crippen LogP) is 2.35. The lowest BCUT2D eigenvalue weighted by molar-refractivity contribution is 0.0360. The van der Waals surface area contributed by atoms with Crippen LogP contribution in [0.2, 0.25) is 0 Å². The molecule has 0 aromatic heterocycles. The Morgan fingerprint density at radius 1 is 1.00 bits per heavy atom. The number of hydrogen-bond donors (Lipinski definition) is 4. The number of phenolic OH excluding ortho intramolecular Hbond substituents is 3. The third-order valence-electron chi connectivity index (χ3n) is 3.71. The average Bonchev–Trinajstić information content (AvgIpc) is 2.77. The molecule has 1 heterocycles. The average molecular weight is 296 g/mol. The van der Waals surface area contributed by atoms with Gasteiger partial charge in [-0.1, -0.05) is 19.3 Å². The van der Waals surface area contributed by atoms with Gasteiger partial charge in [0.1, 0.15) is 6.10 Å². The topological polar surface area (TPSA) is 107 Å². The molecule has 1 aromatic rings. The highest BCUT2D eigenvalue weighted by Gasteiger charge is 2.36. The maximum Gasteiger partial charge on any atom is 0.339 e. The fourth-order valence-corrected chi connectivity index (χ4v) is 2.58. The van der Waals surface area contributed by atoms with Gasteiger partial charge < -0.3 is 25.2 Å². The Hall–Kier alpha value is -1.95. The van der Waals surface area contributed by atoms with Crippen molar-refractivity contribution < 1.29 is 30.0 Å². The van der Waals surface area contributed by atoms with E-state index >= 15 is 0 Å². The van der Waals surface area contributed by atoms with Crippen molar-refractivity contribution in [1.82, 2.24) is 0 Å². The summed E-state index contributed by atoms with van der Waals surface area (Å²) in [7, 11) is 0. The molecule has 21 heavy (non-hydrogen) atoms. The van der Waals surface area contributed by atoms with Gasteiger partial charge in [0, 0.05) is 6.61 Å². The van der Waals surface area contributed by atoms with Gasteiger partial charge >= 0.3 is 5.97 Å². The first-order valence-corrected chi connectivity index (χ1v) is 7.16. The summed E-state index contributed by atoms with van der Waals surface area (Å²) in [5, 5.41) is 37.6. The van der Waals surface area contributed by atoms with Crippen molar-refractivity contribution in [2.45, 2.75) is 44.6 Å². The molecular weight excluding hydrogens is 276 g/mol. The van der Waals surface area contributed by atoms with Crippen molar-refractivity contribution in [2.75, 3.05) is 6.61 Å². The van der Waals surface area contributed by atoms with E-state index < -0.39 is 29.3 Å². The van der Waals surface area contributed by atoms with Crippen LogP contribution in [0.3, 0.4) is 0 Å². The van der Waals surface area contributed by atoms with E-state index in [9.17, 15) is 20.1 Å². The number of rotatable bonds is 7. The van der Waals surface area contributed by atoms with Gasteiger partial charge in [0.25, 0.3) is 0 Å². The van der Waals surface area contributed by atoms with E-state index in [2.05, 4.69) is 0 Å². The first kappa shape index (κ1) is 15.4. The SMILES string of the molecule is O=C1O[C@@H](CCCCCCCO)c2c1cc(O)c(O)c2O. The molecule has 4 N–H and O–H groups in total. The van der Waals surface area contributed by atoms with Crippen LogP contribution in [0.25, 0.3) is 0 Å². The Balaban J connectivity index is 1.99. The Morgan fingerprint density at radius 3 is 2.38 bits per heavy atom. The molecule has 1 aliphatic heterocycles. The number of ether oxygens (including phenoxy) is 1. The van der Waals surface area contributed by atoms with Crippen LogP contribution in [0.1, 0.15) is 60.6 Å². The second-order valence-corrected chi connectivity index (χ2v) is 5.23. The molecule has 6 nitrogen and oxygen atoms in total. The molecule has 0 saturated heterocycles. The summed E-state index contributed by atoms with van der Waals surface area (Å²) in [5.74, 6) is -2.24. The van der Waals surface area contributed by atoms with Gasteiger partial charge in [0.15, 0.2) is 11.5 Å². The van der Waals surface area contributed by atoms with Gasteiger partial charge in [-0.15, -0.1) is 0 Å². The second-order valence-electron chi connectivity index (χ2n) is 5.23. The second kappa shape index (κ2) is 6.67. The lowest BCUT2D eigenvalue weighted by Gasteiger charge is -2.12. The summed E-state index contributed by atoms with van der Waals surface area (Å²) < 4.78 is 5.19. The van der Waals surface area contributed by atoms with Crippen LogP contribution in [0.4, 0.5) is 0 Å². The number of phenols is 3. The third-order valence-corrected chi connectivity index (χ3v) is 3.71. The van der Waals surface area contributed by atoms with Gasteiger partial charge in [-0.25, -0.2) is 4.79 Å². The Bertz CT molecular complexity index is 525.